The van der Waals surface area contributed by atoms with Gasteiger partial charge in [-0.25, -0.2) is 0 Å². The molecule has 0 unspecified atom stereocenters. The van der Waals surface area contributed by atoms with Crippen molar-refractivity contribution in [2.75, 3.05) is 18.5 Å². The first kappa shape index (κ1) is 22.8. The van der Waals surface area contributed by atoms with Crippen LogP contribution in [0.3, 0.4) is 0 Å². The summed E-state index contributed by atoms with van der Waals surface area (Å²) >= 11 is 0. The number of unbranched alkanes of at least 4 members (excludes halogenated alkanes) is 6. The average Bonchev–Trinajstić information content (AvgIpc) is 2.75. The van der Waals surface area contributed by atoms with E-state index in [0.717, 1.165) is 43.7 Å². The number of carbonyl (C=O) groups is 1. The van der Waals surface area contributed by atoms with Gasteiger partial charge < -0.3 is 14.8 Å². The third-order valence-corrected chi connectivity index (χ3v) is 4.77. The number of rotatable bonds is 14. The quantitative estimate of drug-likeness (QED) is 0.354. The lowest BCUT2D eigenvalue weighted by Gasteiger charge is -2.12. The Morgan fingerprint density at radius 1 is 0.759 bits per heavy atom. The Bertz CT molecular complexity index is 712. The largest absolute Gasteiger partial charge is 0.494 e. The fourth-order valence-corrected chi connectivity index (χ4v) is 3.04. The molecule has 0 radical (unpaired) electrons. The standard InChI is InChI=1S/C25H35NO3/c1-3-5-7-8-12-19-28-22-17-15-21(16-18-22)26-25(27)23-13-9-10-14-24(23)29-20-11-6-4-2/h9-10,13-18H,3-8,11-12,19-20H2,1-2H3,(H,26,27). The van der Waals surface area contributed by atoms with Crippen molar-refractivity contribution in [2.24, 2.45) is 0 Å². The van der Waals surface area contributed by atoms with Gasteiger partial charge in [0.2, 0.25) is 0 Å². The third-order valence-electron chi connectivity index (χ3n) is 4.77. The Balaban J connectivity index is 1.83. The molecule has 0 aliphatic carbocycles. The molecule has 0 bridgehead atoms. The van der Waals surface area contributed by atoms with Gasteiger partial charge >= 0.3 is 0 Å². The Kier molecular flexibility index (Phi) is 10.7. The SMILES string of the molecule is CCCCCCCOc1ccc(NC(=O)c2ccccc2OCCCCC)cc1. The number of amides is 1. The molecule has 0 saturated carbocycles. The fraction of sp³-hybridized carbons (Fsp3) is 0.480. The van der Waals surface area contributed by atoms with Crippen molar-refractivity contribution >= 4 is 11.6 Å². The molecule has 0 aliphatic rings. The van der Waals surface area contributed by atoms with Gasteiger partial charge in [0, 0.05) is 5.69 Å². The fourth-order valence-electron chi connectivity index (χ4n) is 3.04. The molecule has 0 saturated heterocycles. The molecular formula is C25H35NO3. The summed E-state index contributed by atoms with van der Waals surface area (Å²) in [5.41, 5.74) is 1.29. The van der Waals surface area contributed by atoms with Crippen LogP contribution in [0.1, 0.15) is 75.6 Å². The van der Waals surface area contributed by atoms with E-state index < -0.39 is 0 Å². The van der Waals surface area contributed by atoms with Crippen molar-refractivity contribution in [3.63, 3.8) is 0 Å². The van der Waals surface area contributed by atoms with Gasteiger partial charge in [0.15, 0.2) is 0 Å². The van der Waals surface area contributed by atoms with E-state index in [-0.39, 0.29) is 5.91 Å². The van der Waals surface area contributed by atoms with Gasteiger partial charge in [-0.05, 0) is 49.2 Å². The van der Waals surface area contributed by atoms with Crippen molar-refractivity contribution < 1.29 is 14.3 Å². The molecular weight excluding hydrogens is 362 g/mol. The highest BCUT2D eigenvalue weighted by atomic mass is 16.5. The molecule has 0 aliphatic heterocycles. The summed E-state index contributed by atoms with van der Waals surface area (Å²) in [6, 6.07) is 14.9. The molecule has 0 aromatic heterocycles. The van der Waals surface area contributed by atoms with Gasteiger partial charge in [-0.3, -0.25) is 4.79 Å². The highest BCUT2D eigenvalue weighted by Crippen LogP contribution is 2.22. The van der Waals surface area contributed by atoms with Crippen molar-refractivity contribution in [2.45, 2.75) is 65.2 Å². The third kappa shape index (κ3) is 8.59. The Morgan fingerprint density at radius 2 is 1.38 bits per heavy atom. The number of carbonyl (C=O) groups excluding carboxylic acids is 1. The number of ether oxygens (including phenoxy) is 2. The van der Waals surface area contributed by atoms with Crippen LogP contribution in [0.25, 0.3) is 0 Å². The number of anilines is 1. The van der Waals surface area contributed by atoms with E-state index >= 15 is 0 Å². The summed E-state index contributed by atoms with van der Waals surface area (Å²) in [6.07, 6.45) is 9.37. The minimum Gasteiger partial charge on any atom is -0.494 e. The topological polar surface area (TPSA) is 47.6 Å². The van der Waals surface area contributed by atoms with Crippen LogP contribution >= 0.6 is 0 Å². The van der Waals surface area contributed by atoms with E-state index in [0.29, 0.717) is 17.9 Å². The lowest BCUT2D eigenvalue weighted by molar-refractivity contribution is 0.102. The summed E-state index contributed by atoms with van der Waals surface area (Å²) in [5, 5.41) is 2.94. The van der Waals surface area contributed by atoms with E-state index in [1.54, 1.807) is 6.07 Å². The summed E-state index contributed by atoms with van der Waals surface area (Å²) in [7, 11) is 0. The maximum atomic E-state index is 12.7. The molecule has 4 heteroatoms. The van der Waals surface area contributed by atoms with Crippen LogP contribution in [-0.2, 0) is 0 Å². The summed E-state index contributed by atoms with van der Waals surface area (Å²) in [4.78, 5) is 12.7. The lowest BCUT2D eigenvalue weighted by Crippen LogP contribution is -2.14. The van der Waals surface area contributed by atoms with E-state index in [9.17, 15) is 4.79 Å². The zero-order valence-corrected chi connectivity index (χ0v) is 17.9. The first-order chi connectivity index (χ1) is 14.2. The second-order valence-corrected chi connectivity index (χ2v) is 7.29. The van der Waals surface area contributed by atoms with E-state index in [1.807, 2.05) is 42.5 Å². The van der Waals surface area contributed by atoms with Gasteiger partial charge in [0.05, 0.1) is 18.8 Å². The maximum absolute atomic E-state index is 12.7. The maximum Gasteiger partial charge on any atom is 0.259 e. The molecule has 2 aromatic rings. The molecule has 2 rings (SSSR count). The van der Waals surface area contributed by atoms with Gasteiger partial charge in [0.25, 0.3) is 5.91 Å². The zero-order chi connectivity index (χ0) is 20.7. The second kappa shape index (κ2) is 13.6. The minimum atomic E-state index is -0.166. The Hall–Kier alpha value is -2.49. The van der Waals surface area contributed by atoms with Gasteiger partial charge in [-0.2, -0.15) is 0 Å². The number of hydrogen-bond acceptors (Lipinski definition) is 3. The monoisotopic (exact) mass is 397 g/mol. The number of para-hydroxylation sites is 1. The van der Waals surface area contributed by atoms with E-state index in [2.05, 4.69) is 19.2 Å². The molecule has 4 nitrogen and oxygen atoms in total. The smallest absolute Gasteiger partial charge is 0.259 e. The highest BCUT2D eigenvalue weighted by Gasteiger charge is 2.12. The molecule has 0 fully saturated rings. The first-order valence-electron chi connectivity index (χ1n) is 11.0. The molecule has 0 spiro atoms. The normalized spacial score (nSPS) is 10.6. The molecule has 0 atom stereocenters. The van der Waals surface area contributed by atoms with E-state index in [1.165, 1.54) is 25.7 Å². The number of nitrogens with one attached hydrogen (secondary N) is 1. The molecule has 29 heavy (non-hydrogen) atoms. The van der Waals surface area contributed by atoms with Crippen LogP contribution in [0.4, 0.5) is 5.69 Å². The Labute approximate surface area is 175 Å². The molecule has 158 valence electrons. The second-order valence-electron chi connectivity index (χ2n) is 7.29. The number of hydrogen-bond donors (Lipinski definition) is 1. The van der Waals surface area contributed by atoms with Crippen molar-refractivity contribution in [3.05, 3.63) is 54.1 Å². The molecule has 2 aromatic carbocycles. The molecule has 1 amide bonds. The van der Waals surface area contributed by atoms with Crippen LogP contribution in [0, 0.1) is 0 Å². The minimum absolute atomic E-state index is 0.166. The highest BCUT2D eigenvalue weighted by molar-refractivity contribution is 6.06. The summed E-state index contributed by atoms with van der Waals surface area (Å²) in [6.45, 7) is 5.74. The lowest BCUT2D eigenvalue weighted by atomic mass is 10.1. The van der Waals surface area contributed by atoms with Crippen molar-refractivity contribution in [1.82, 2.24) is 0 Å². The van der Waals surface area contributed by atoms with Crippen LogP contribution < -0.4 is 14.8 Å². The van der Waals surface area contributed by atoms with Crippen LogP contribution in [0.15, 0.2) is 48.5 Å². The first-order valence-corrected chi connectivity index (χ1v) is 11.0. The predicted octanol–water partition coefficient (Wildman–Crippen LogP) is 6.86. The zero-order valence-electron chi connectivity index (χ0n) is 17.9. The summed E-state index contributed by atoms with van der Waals surface area (Å²) in [5.74, 6) is 1.29. The van der Waals surface area contributed by atoms with Gasteiger partial charge in [-0.1, -0.05) is 64.5 Å². The number of benzene rings is 2. The van der Waals surface area contributed by atoms with Crippen molar-refractivity contribution in [3.8, 4) is 11.5 Å². The van der Waals surface area contributed by atoms with Gasteiger partial charge in [-0.15, -0.1) is 0 Å². The van der Waals surface area contributed by atoms with Crippen LogP contribution in [0.2, 0.25) is 0 Å². The van der Waals surface area contributed by atoms with Crippen molar-refractivity contribution in [1.29, 1.82) is 0 Å². The van der Waals surface area contributed by atoms with E-state index in [4.69, 9.17) is 9.47 Å². The summed E-state index contributed by atoms with van der Waals surface area (Å²) < 4.78 is 11.6. The predicted molar refractivity (Wildman–Crippen MR) is 120 cm³/mol. The van der Waals surface area contributed by atoms with Crippen LogP contribution in [-0.4, -0.2) is 19.1 Å². The Morgan fingerprint density at radius 3 is 2.14 bits per heavy atom. The van der Waals surface area contributed by atoms with Crippen LogP contribution in [0.5, 0.6) is 11.5 Å². The molecule has 1 N–H and O–H groups in total. The molecule has 0 heterocycles. The van der Waals surface area contributed by atoms with Gasteiger partial charge in [0.1, 0.15) is 11.5 Å². The average molecular weight is 398 g/mol.